The normalized spacial score (nSPS) is 14.8. The Hall–Kier alpha value is -3.80. The first-order valence-electron chi connectivity index (χ1n) is 13.1. The summed E-state index contributed by atoms with van der Waals surface area (Å²) in [6.45, 7) is 6.67. The van der Waals surface area contributed by atoms with Crippen LogP contribution >= 0.6 is 0 Å². The number of nitrogens with zero attached hydrogens (tertiary/aromatic N) is 2. The van der Waals surface area contributed by atoms with Crippen LogP contribution in [0.2, 0.25) is 0 Å². The van der Waals surface area contributed by atoms with Gasteiger partial charge in [-0.2, -0.15) is 0 Å². The van der Waals surface area contributed by atoms with Crippen molar-refractivity contribution in [2.45, 2.75) is 65.0 Å². The second-order valence-electron chi connectivity index (χ2n) is 9.85. The van der Waals surface area contributed by atoms with Gasteiger partial charge < -0.3 is 14.4 Å². The third-order valence-corrected chi connectivity index (χ3v) is 6.71. The molecule has 0 atom stereocenters. The number of anilines is 1. The highest BCUT2D eigenvalue weighted by atomic mass is 16.5. The van der Waals surface area contributed by atoms with Crippen LogP contribution in [0.25, 0.3) is 0 Å². The van der Waals surface area contributed by atoms with Gasteiger partial charge in [0.05, 0.1) is 18.8 Å². The standard InChI is InChI=1S/C31H36N2O4/c1-4-5-6-7-13-22-36-26-20-18-25(19-21-26)33-29(34)31(2,3)32(30(33)35)23-24-14-11-12-17-28(24)37-27-15-9-8-10-16-27/h8-12,14-21H,4-7,13,22-23H2,1-3H3. The smallest absolute Gasteiger partial charge is 0.332 e. The number of imide groups is 1. The molecule has 0 bridgehead atoms. The summed E-state index contributed by atoms with van der Waals surface area (Å²) in [5, 5.41) is 0. The predicted octanol–water partition coefficient (Wildman–Crippen LogP) is 7.58. The molecule has 0 spiro atoms. The van der Waals surface area contributed by atoms with Crippen molar-refractivity contribution in [1.29, 1.82) is 0 Å². The van der Waals surface area contributed by atoms with Gasteiger partial charge in [0.25, 0.3) is 5.91 Å². The number of amides is 3. The highest BCUT2D eigenvalue weighted by molar-refractivity contribution is 6.22. The molecular weight excluding hydrogens is 464 g/mol. The zero-order chi connectivity index (χ0) is 26.3. The number of hydrogen-bond acceptors (Lipinski definition) is 4. The van der Waals surface area contributed by atoms with Crippen LogP contribution in [-0.4, -0.2) is 29.0 Å². The highest BCUT2D eigenvalue weighted by Crippen LogP contribution is 2.36. The first-order chi connectivity index (χ1) is 17.9. The largest absolute Gasteiger partial charge is 0.494 e. The summed E-state index contributed by atoms with van der Waals surface area (Å²) in [5.41, 5.74) is 0.352. The first-order valence-corrected chi connectivity index (χ1v) is 13.1. The Morgan fingerprint density at radius 2 is 1.43 bits per heavy atom. The van der Waals surface area contributed by atoms with Crippen LogP contribution in [-0.2, 0) is 11.3 Å². The zero-order valence-electron chi connectivity index (χ0n) is 22.0. The molecule has 37 heavy (non-hydrogen) atoms. The molecule has 1 saturated heterocycles. The lowest BCUT2D eigenvalue weighted by Crippen LogP contribution is -2.43. The summed E-state index contributed by atoms with van der Waals surface area (Å²) in [7, 11) is 0. The summed E-state index contributed by atoms with van der Waals surface area (Å²) >= 11 is 0. The Morgan fingerprint density at radius 3 is 2.16 bits per heavy atom. The van der Waals surface area contributed by atoms with Crippen LogP contribution in [0.4, 0.5) is 10.5 Å². The van der Waals surface area contributed by atoms with Gasteiger partial charge in [-0.1, -0.05) is 69.0 Å². The Labute approximate surface area is 219 Å². The lowest BCUT2D eigenvalue weighted by Gasteiger charge is -2.28. The monoisotopic (exact) mass is 500 g/mol. The minimum atomic E-state index is -1.01. The van der Waals surface area contributed by atoms with Crippen LogP contribution in [0.5, 0.6) is 17.2 Å². The number of carbonyl (C=O) groups excluding carboxylic acids is 2. The molecule has 3 aromatic carbocycles. The van der Waals surface area contributed by atoms with Crippen molar-refractivity contribution in [3.05, 3.63) is 84.4 Å². The second-order valence-corrected chi connectivity index (χ2v) is 9.85. The maximum atomic E-state index is 13.5. The number of benzene rings is 3. The van der Waals surface area contributed by atoms with Crippen LogP contribution in [0.3, 0.4) is 0 Å². The van der Waals surface area contributed by atoms with E-state index < -0.39 is 5.54 Å². The topological polar surface area (TPSA) is 59.1 Å². The van der Waals surface area contributed by atoms with Crippen LogP contribution in [0.15, 0.2) is 78.9 Å². The van der Waals surface area contributed by atoms with Crippen LogP contribution < -0.4 is 14.4 Å². The zero-order valence-corrected chi connectivity index (χ0v) is 22.0. The fourth-order valence-corrected chi connectivity index (χ4v) is 4.44. The SMILES string of the molecule is CCCCCCCOc1ccc(N2C(=O)N(Cc3ccccc3Oc3ccccc3)C(C)(C)C2=O)cc1. The van der Waals surface area contributed by atoms with Gasteiger partial charge >= 0.3 is 6.03 Å². The molecule has 6 nitrogen and oxygen atoms in total. The number of hydrogen-bond donors (Lipinski definition) is 0. The average molecular weight is 501 g/mol. The maximum Gasteiger partial charge on any atom is 0.332 e. The predicted molar refractivity (Wildman–Crippen MR) is 146 cm³/mol. The van der Waals surface area contributed by atoms with Gasteiger partial charge in [0.2, 0.25) is 0 Å². The van der Waals surface area contributed by atoms with Crippen molar-refractivity contribution in [2.75, 3.05) is 11.5 Å². The van der Waals surface area contributed by atoms with Gasteiger partial charge in [-0.3, -0.25) is 4.79 Å². The van der Waals surface area contributed by atoms with Gasteiger partial charge in [-0.05, 0) is 62.7 Å². The third kappa shape index (κ3) is 6.13. The summed E-state index contributed by atoms with van der Waals surface area (Å²) < 4.78 is 11.9. The van der Waals surface area contributed by atoms with Crippen LogP contribution in [0, 0.1) is 0 Å². The summed E-state index contributed by atoms with van der Waals surface area (Å²) in [6, 6.07) is 23.9. The molecule has 1 fully saturated rings. The number of urea groups is 1. The average Bonchev–Trinajstić information content (AvgIpc) is 3.07. The van der Waals surface area contributed by atoms with Crippen molar-refractivity contribution in [3.8, 4) is 17.2 Å². The first kappa shape index (κ1) is 26.3. The minimum Gasteiger partial charge on any atom is -0.494 e. The fourth-order valence-electron chi connectivity index (χ4n) is 4.44. The van der Waals surface area contributed by atoms with E-state index in [-0.39, 0.29) is 18.5 Å². The van der Waals surface area contributed by atoms with Gasteiger partial charge in [0.1, 0.15) is 22.8 Å². The molecule has 0 aromatic heterocycles. The van der Waals surface area contributed by atoms with Gasteiger partial charge in [-0.25, -0.2) is 9.69 Å². The van der Waals surface area contributed by atoms with Crippen molar-refractivity contribution in [3.63, 3.8) is 0 Å². The molecule has 4 rings (SSSR count). The van der Waals surface area contributed by atoms with E-state index in [0.29, 0.717) is 23.8 Å². The molecule has 1 aliphatic heterocycles. The molecule has 1 heterocycles. The number of para-hydroxylation sites is 2. The van der Waals surface area contributed by atoms with Crippen molar-refractivity contribution in [2.24, 2.45) is 0 Å². The molecule has 0 saturated carbocycles. The van der Waals surface area contributed by atoms with Gasteiger partial charge in [0, 0.05) is 5.56 Å². The number of unbranched alkanes of at least 4 members (excludes halogenated alkanes) is 4. The van der Waals surface area contributed by atoms with Gasteiger partial charge in [-0.15, -0.1) is 0 Å². The quantitative estimate of drug-likeness (QED) is 0.190. The van der Waals surface area contributed by atoms with E-state index in [0.717, 1.165) is 24.2 Å². The molecule has 0 radical (unpaired) electrons. The second kappa shape index (κ2) is 12.0. The Kier molecular flexibility index (Phi) is 8.49. The van der Waals surface area contributed by atoms with Crippen molar-refractivity contribution in [1.82, 2.24) is 4.90 Å². The highest BCUT2D eigenvalue weighted by Gasteiger charge is 2.51. The Balaban J connectivity index is 1.45. The van der Waals surface area contributed by atoms with E-state index >= 15 is 0 Å². The molecule has 3 amide bonds. The Bertz CT molecular complexity index is 1190. The van der Waals surface area contributed by atoms with Crippen molar-refractivity contribution < 1.29 is 19.1 Å². The maximum absolute atomic E-state index is 13.5. The molecule has 0 unspecified atom stereocenters. The van der Waals surface area contributed by atoms with E-state index in [1.807, 2.05) is 66.7 Å². The molecule has 1 aliphatic rings. The van der Waals surface area contributed by atoms with E-state index in [9.17, 15) is 9.59 Å². The van der Waals surface area contributed by atoms with E-state index in [1.165, 1.54) is 24.2 Å². The minimum absolute atomic E-state index is 0.246. The van der Waals surface area contributed by atoms with Crippen LogP contribution in [0.1, 0.15) is 58.4 Å². The number of ether oxygens (including phenoxy) is 2. The molecule has 3 aromatic rings. The lowest BCUT2D eigenvalue weighted by atomic mass is 10.0. The fraction of sp³-hybridized carbons (Fsp3) is 0.355. The number of rotatable bonds is 12. The summed E-state index contributed by atoms with van der Waals surface area (Å²) in [6.07, 6.45) is 5.88. The summed E-state index contributed by atoms with van der Waals surface area (Å²) in [5.74, 6) is 1.84. The van der Waals surface area contributed by atoms with Gasteiger partial charge in [0.15, 0.2) is 0 Å². The lowest BCUT2D eigenvalue weighted by molar-refractivity contribution is -0.123. The van der Waals surface area contributed by atoms with E-state index in [2.05, 4.69) is 6.92 Å². The molecule has 0 aliphatic carbocycles. The molecular formula is C31H36N2O4. The molecule has 6 heteroatoms. The van der Waals surface area contributed by atoms with E-state index in [4.69, 9.17) is 9.47 Å². The molecule has 0 N–H and O–H groups in total. The molecule has 194 valence electrons. The third-order valence-electron chi connectivity index (χ3n) is 6.71. The van der Waals surface area contributed by atoms with E-state index in [1.54, 1.807) is 30.9 Å². The number of carbonyl (C=O) groups is 2. The summed E-state index contributed by atoms with van der Waals surface area (Å²) in [4.78, 5) is 29.8. The van der Waals surface area contributed by atoms with Crippen molar-refractivity contribution >= 4 is 17.6 Å². The Morgan fingerprint density at radius 1 is 0.757 bits per heavy atom.